The predicted molar refractivity (Wildman–Crippen MR) is 76.3 cm³/mol. The molecule has 0 unspecified atom stereocenters. The smallest absolute Gasteiger partial charge is 0.222 e. The topological polar surface area (TPSA) is 29.5 Å². The Bertz CT molecular complexity index is 413. The van der Waals surface area contributed by atoms with E-state index in [0.29, 0.717) is 18.2 Å². The van der Waals surface area contributed by atoms with Gasteiger partial charge < -0.3 is 9.64 Å². The molecule has 1 heterocycles. The predicted octanol–water partition coefficient (Wildman–Crippen LogP) is 2.89. The number of methoxy groups -OCH3 is 1. The van der Waals surface area contributed by atoms with E-state index in [-0.39, 0.29) is 0 Å². The van der Waals surface area contributed by atoms with Crippen LogP contribution in [0.3, 0.4) is 0 Å². The minimum Gasteiger partial charge on any atom is -0.497 e. The summed E-state index contributed by atoms with van der Waals surface area (Å²) in [7, 11) is 1.66. The molecule has 0 aromatic heterocycles. The van der Waals surface area contributed by atoms with Gasteiger partial charge in [-0.2, -0.15) is 0 Å². The van der Waals surface area contributed by atoms with Gasteiger partial charge in [0.1, 0.15) is 5.75 Å². The number of nitrogens with zero attached hydrogens (tertiary/aromatic N) is 1. The molecule has 0 N–H and O–H groups in total. The van der Waals surface area contributed by atoms with Crippen LogP contribution < -0.4 is 4.74 Å². The molecule has 0 radical (unpaired) electrons. The van der Waals surface area contributed by atoms with E-state index in [0.717, 1.165) is 31.7 Å². The van der Waals surface area contributed by atoms with Crippen LogP contribution in [0.5, 0.6) is 5.75 Å². The maximum Gasteiger partial charge on any atom is 0.222 e. The molecule has 1 aliphatic heterocycles. The third-order valence-electron chi connectivity index (χ3n) is 3.80. The quantitative estimate of drug-likeness (QED) is 0.834. The van der Waals surface area contributed by atoms with Crippen LogP contribution in [0.1, 0.15) is 31.7 Å². The van der Waals surface area contributed by atoms with E-state index < -0.39 is 0 Å². The van der Waals surface area contributed by atoms with Crippen LogP contribution in [-0.2, 0) is 11.2 Å². The minimum atomic E-state index is 0.294. The molecule has 0 saturated carbocycles. The lowest BCUT2D eigenvalue weighted by Gasteiger charge is -2.31. The molecule has 1 saturated heterocycles. The molecule has 1 aromatic carbocycles. The molecule has 1 aromatic rings. The first-order chi connectivity index (χ1) is 9.19. The molecular weight excluding hydrogens is 238 g/mol. The van der Waals surface area contributed by atoms with Crippen LogP contribution >= 0.6 is 0 Å². The second-order valence-electron chi connectivity index (χ2n) is 5.44. The number of likely N-dealkylation sites (tertiary alicyclic amines) is 1. The van der Waals surface area contributed by atoms with Crippen LogP contribution in [-0.4, -0.2) is 31.0 Å². The fourth-order valence-electron chi connectivity index (χ4n) is 2.62. The van der Waals surface area contributed by atoms with E-state index in [1.54, 1.807) is 7.11 Å². The Morgan fingerprint density at radius 3 is 2.74 bits per heavy atom. The van der Waals surface area contributed by atoms with Crippen molar-refractivity contribution in [2.45, 2.75) is 32.6 Å². The van der Waals surface area contributed by atoms with Gasteiger partial charge in [-0.05, 0) is 42.9 Å². The largest absolute Gasteiger partial charge is 0.497 e. The van der Waals surface area contributed by atoms with Crippen molar-refractivity contribution < 1.29 is 9.53 Å². The van der Waals surface area contributed by atoms with E-state index in [1.807, 2.05) is 29.2 Å². The summed E-state index contributed by atoms with van der Waals surface area (Å²) in [6, 6.07) is 7.96. The molecule has 0 aliphatic carbocycles. The van der Waals surface area contributed by atoms with Crippen LogP contribution in [0.25, 0.3) is 0 Å². The van der Waals surface area contributed by atoms with E-state index in [1.165, 1.54) is 12.0 Å². The maximum atomic E-state index is 12.1. The molecule has 1 amide bonds. The molecule has 104 valence electrons. The highest BCUT2D eigenvalue weighted by atomic mass is 16.5. The first-order valence-electron chi connectivity index (χ1n) is 7.09. The number of piperidine rings is 1. The second-order valence-corrected chi connectivity index (χ2v) is 5.44. The zero-order chi connectivity index (χ0) is 13.7. The van der Waals surface area contributed by atoms with Gasteiger partial charge in [-0.15, -0.1) is 0 Å². The number of benzene rings is 1. The van der Waals surface area contributed by atoms with Gasteiger partial charge in [-0.3, -0.25) is 4.79 Å². The van der Waals surface area contributed by atoms with E-state index in [9.17, 15) is 4.79 Å². The number of amides is 1. The van der Waals surface area contributed by atoms with Crippen molar-refractivity contribution in [3.63, 3.8) is 0 Å². The lowest BCUT2D eigenvalue weighted by Crippen LogP contribution is -2.39. The average Bonchev–Trinajstić information content (AvgIpc) is 2.45. The van der Waals surface area contributed by atoms with Gasteiger partial charge in [-0.25, -0.2) is 0 Å². The van der Waals surface area contributed by atoms with E-state index in [4.69, 9.17) is 4.74 Å². The van der Waals surface area contributed by atoms with Gasteiger partial charge in [0, 0.05) is 19.5 Å². The summed E-state index contributed by atoms with van der Waals surface area (Å²) >= 11 is 0. The molecule has 1 atom stereocenters. The lowest BCUT2D eigenvalue weighted by atomic mass is 9.99. The van der Waals surface area contributed by atoms with Crippen LogP contribution in [0.4, 0.5) is 0 Å². The molecular formula is C16H23NO2. The third kappa shape index (κ3) is 3.98. The number of ether oxygens (including phenoxy) is 1. The van der Waals surface area contributed by atoms with Gasteiger partial charge in [0.25, 0.3) is 0 Å². The van der Waals surface area contributed by atoms with Gasteiger partial charge in [-0.1, -0.05) is 19.1 Å². The first-order valence-corrected chi connectivity index (χ1v) is 7.09. The Labute approximate surface area is 115 Å². The van der Waals surface area contributed by atoms with Crippen molar-refractivity contribution in [1.29, 1.82) is 0 Å². The monoisotopic (exact) mass is 261 g/mol. The highest BCUT2D eigenvalue weighted by Gasteiger charge is 2.20. The summed E-state index contributed by atoms with van der Waals surface area (Å²) < 4.78 is 5.13. The van der Waals surface area contributed by atoms with Crippen LogP contribution in [0.15, 0.2) is 24.3 Å². The molecule has 0 spiro atoms. The van der Waals surface area contributed by atoms with Crippen molar-refractivity contribution in [3.8, 4) is 5.75 Å². The Morgan fingerprint density at radius 2 is 2.11 bits per heavy atom. The number of aryl methyl sites for hydroxylation is 1. The minimum absolute atomic E-state index is 0.294. The molecule has 19 heavy (non-hydrogen) atoms. The Balaban J connectivity index is 1.82. The SMILES string of the molecule is COc1ccc(CCC(=O)N2CCC[C@H](C)C2)cc1. The second kappa shape index (κ2) is 6.60. The maximum absolute atomic E-state index is 12.1. The number of rotatable bonds is 4. The number of hydrogen-bond donors (Lipinski definition) is 0. The number of carbonyl (C=O) groups is 1. The molecule has 0 bridgehead atoms. The Kier molecular flexibility index (Phi) is 4.83. The normalized spacial score (nSPS) is 19.3. The summed E-state index contributed by atoms with van der Waals surface area (Å²) in [4.78, 5) is 14.2. The molecule has 3 heteroatoms. The number of carbonyl (C=O) groups excluding carboxylic acids is 1. The van der Waals surface area contributed by atoms with Crippen LogP contribution in [0.2, 0.25) is 0 Å². The summed E-state index contributed by atoms with van der Waals surface area (Å²) in [5.41, 5.74) is 1.19. The molecule has 3 nitrogen and oxygen atoms in total. The lowest BCUT2D eigenvalue weighted by molar-refractivity contribution is -0.132. The van der Waals surface area contributed by atoms with Gasteiger partial charge >= 0.3 is 0 Å². The summed E-state index contributed by atoms with van der Waals surface area (Å²) in [6.45, 7) is 4.09. The number of hydrogen-bond acceptors (Lipinski definition) is 2. The van der Waals surface area contributed by atoms with Gasteiger partial charge in [0.2, 0.25) is 5.91 Å². The molecule has 1 fully saturated rings. The van der Waals surface area contributed by atoms with E-state index in [2.05, 4.69) is 6.92 Å². The highest BCUT2D eigenvalue weighted by molar-refractivity contribution is 5.76. The standard InChI is InChI=1S/C16H23NO2/c1-13-4-3-11-17(12-13)16(18)10-7-14-5-8-15(19-2)9-6-14/h5-6,8-9,13H,3-4,7,10-12H2,1-2H3/t13-/m0/s1. The summed E-state index contributed by atoms with van der Waals surface area (Å²) in [6.07, 6.45) is 3.82. The van der Waals surface area contributed by atoms with Crippen LogP contribution in [0, 0.1) is 5.92 Å². The third-order valence-corrected chi connectivity index (χ3v) is 3.80. The summed E-state index contributed by atoms with van der Waals surface area (Å²) in [5.74, 6) is 1.81. The van der Waals surface area contributed by atoms with Crippen molar-refractivity contribution in [3.05, 3.63) is 29.8 Å². The fraction of sp³-hybridized carbons (Fsp3) is 0.562. The van der Waals surface area contributed by atoms with Crippen molar-refractivity contribution in [2.75, 3.05) is 20.2 Å². The highest BCUT2D eigenvalue weighted by Crippen LogP contribution is 2.17. The molecule has 1 aliphatic rings. The molecule has 2 rings (SSSR count). The Morgan fingerprint density at radius 1 is 1.37 bits per heavy atom. The van der Waals surface area contributed by atoms with Crippen molar-refractivity contribution in [2.24, 2.45) is 5.92 Å². The summed E-state index contributed by atoms with van der Waals surface area (Å²) in [5, 5.41) is 0. The van der Waals surface area contributed by atoms with Gasteiger partial charge in [0.05, 0.1) is 7.11 Å². The van der Waals surface area contributed by atoms with Crippen molar-refractivity contribution >= 4 is 5.91 Å². The Hall–Kier alpha value is -1.51. The zero-order valence-corrected chi connectivity index (χ0v) is 11.9. The average molecular weight is 261 g/mol. The zero-order valence-electron chi connectivity index (χ0n) is 11.9. The van der Waals surface area contributed by atoms with E-state index >= 15 is 0 Å². The van der Waals surface area contributed by atoms with Gasteiger partial charge in [0.15, 0.2) is 0 Å². The fourth-order valence-corrected chi connectivity index (χ4v) is 2.62. The van der Waals surface area contributed by atoms with Crippen molar-refractivity contribution in [1.82, 2.24) is 4.90 Å². The first kappa shape index (κ1) is 13.9.